The first kappa shape index (κ1) is 14.0. The van der Waals surface area contributed by atoms with Gasteiger partial charge in [0.25, 0.3) is 5.91 Å². The van der Waals surface area contributed by atoms with E-state index in [1.54, 1.807) is 25.5 Å². The van der Waals surface area contributed by atoms with E-state index in [2.05, 4.69) is 20.8 Å². The Morgan fingerprint density at radius 3 is 2.75 bits per heavy atom. The number of carbonyl (C=O) groups is 1. The molecule has 1 atom stereocenters. The number of aryl methyl sites for hydroxylation is 2. The van der Waals surface area contributed by atoms with Gasteiger partial charge in [0.1, 0.15) is 5.76 Å². The van der Waals surface area contributed by atoms with Crippen LogP contribution in [0.4, 0.5) is 5.69 Å². The minimum atomic E-state index is -0.185. The molecule has 2 rings (SSSR count). The molecule has 2 aromatic rings. The molecule has 2 aromatic heterocycles. The molecule has 0 spiro atoms. The Morgan fingerprint density at radius 2 is 2.15 bits per heavy atom. The summed E-state index contributed by atoms with van der Waals surface area (Å²) in [6.07, 6.45) is 3.18. The molecule has 0 radical (unpaired) electrons. The van der Waals surface area contributed by atoms with Crippen LogP contribution in [0.25, 0.3) is 0 Å². The van der Waals surface area contributed by atoms with E-state index in [1.807, 2.05) is 20.8 Å². The number of carbonyl (C=O) groups excluding carboxylic acids is 1. The Balaban J connectivity index is 2.20. The zero-order valence-electron chi connectivity index (χ0n) is 12.0. The first-order valence-corrected chi connectivity index (χ1v) is 6.40. The number of nitrogens with zero attached hydrogens (tertiary/aromatic N) is 2. The average molecular weight is 274 g/mol. The van der Waals surface area contributed by atoms with Gasteiger partial charge in [0.05, 0.1) is 17.3 Å². The van der Waals surface area contributed by atoms with Crippen LogP contribution in [0, 0.1) is 13.8 Å². The van der Waals surface area contributed by atoms with E-state index in [4.69, 9.17) is 4.52 Å². The molecular formula is C14H18N4O2. The first-order valence-electron chi connectivity index (χ1n) is 6.40. The maximum atomic E-state index is 12.3. The van der Waals surface area contributed by atoms with E-state index < -0.39 is 0 Å². The van der Waals surface area contributed by atoms with Crippen molar-refractivity contribution in [2.24, 2.45) is 0 Å². The topological polar surface area (TPSA) is 80.0 Å². The Kier molecular flexibility index (Phi) is 4.02. The molecular weight excluding hydrogens is 256 g/mol. The number of anilines is 1. The largest absolute Gasteiger partial charge is 0.387 e. The molecule has 0 aliphatic heterocycles. The highest BCUT2D eigenvalue weighted by atomic mass is 16.5. The SMILES string of the molecule is CNc1ccncc1C(=O)NC(C)c1c(C)noc1C. The summed E-state index contributed by atoms with van der Waals surface area (Å²) in [7, 11) is 1.77. The van der Waals surface area contributed by atoms with Gasteiger partial charge in [-0.25, -0.2) is 0 Å². The third kappa shape index (κ3) is 2.64. The second kappa shape index (κ2) is 5.73. The van der Waals surface area contributed by atoms with E-state index in [1.165, 1.54) is 0 Å². The summed E-state index contributed by atoms with van der Waals surface area (Å²) in [5, 5.41) is 9.81. The standard InChI is InChI=1S/C14H18N4O2/c1-8(13-9(2)18-20-10(13)3)17-14(19)11-7-16-6-5-12(11)15-4/h5-8H,1-4H3,(H,15,16)(H,17,19). The summed E-state index contributed by atoms with van der Waals surface area (Å²) in [4.78, 5) is 16.3. The van der Waals surface area contributed by atoms with Crippen molar-refractivity contribution in [2.75, 3.05) is 12.4 Å². The maximum Gasteiger partial charge on any atom is 0.255 e. The fourth-order valence-electron chi connectivity index (χ4n) is 2.25. The molecule has 1 unspecified atom stereocenters. The molecule has 0 aliphatic rings. The highest BCUT2D eigenvalue weighted by Crippen LogP contribution is 2.22. The molecule has 106 valence electrons. The second-order valence-electron chi connectivity index (χ2n) is 4.60. The summed E-state index contributed by atoms with van der Waals surface area (Å²) in [5.74, 6) is 0.533. The summed E-state index contributed by atoms with van der Waals surface area (Å²) in [6, 6.07) is 1.58. The molecule has 20 heavy (non-hydrogen) atoms. The second-order valence-corrected chi connectivity index (χ2v) is 4.60. The quantitative estimate of drug-likeness (QED) is 0.893. The minimum absolute atomic E-state index is 0.182. The van der Waals surface area contributed by atoms with Gasteiger partial charge < -0.3 is 15.2 Å². The number of pyridine rings is 1. The number of hydrogen-bond acceptors (Lipinski definition) is 5. The molecule has 6 heteroatoms. The fraction of sp³-hybridized carbons (Fsp3) is 0.357. The van der Waals surface area contributed by atoms with Crippen LogP contribution in [-0.4, -0.2) is 23.1 Å². The van der Waals surface area contributed by atoms with Gasteiger partial charge in [0, 0.05) is 30.7 Å². The monoisotopic (exact) mass is 274 g/mol. The normalized spacial score (nSPS) is 12.0. The van der Waals surface area contributed by atoms with Gasteiger partial charge in [-0.3, -0.25) is 9.78 Å². The van der Waals surface area contributed by atoms with Crippen molar-refractivity contribution < 1.29 is 9.32 Å². The Labute approximate surface area is 117 Å². The molecule has 2 heterocycles. The highest BCUT2D eigenvalue weighted by molar-refractivity contribution is 5.99. The molecule has 0 bridgehead atoms. The Bertz CT molecular complexity index is 602. The van der Waals surface area contributed by atoms with Crippen molar-refractivity contribution in [3.05, 3.63) is 41.0 Å². The molecule has 0 saturated carbocycles. The lowest BCUT2D eigenvalue weighted by Crippen LogP contribution is -2.28. The van der Waals surface area contributed by atoms with Gasteiger partial charge in [-0.2, -0.15) is 0 Å². The zero-order chi connectivity index (χ0) is 14.7. The molecule has 0 saturated heterocycles. The fourth-order valence-corrected chi connectivity index (χ4v) is 2.25. The highest BCUT2D eigenvalue weighted by Gasteiger charge is 2.20. The summed E-state index contributed by atoms with van der Waals surface area (Å²) >= 11 is 0. The van der Waals surface area contributed by atoms with Crippen LogP contribution in [0.15, 0.2) is 23.0 Å². The molecule has 2 N–H and O–H groups in total. The first-order chi connectivity index (χ1) is 9.54. The van der Waals surface area contributed by atoms with E-state index >= 15 is 0 Å². The minimum Gasteiger partial charge on any atom is -0.387 e. The van der Waals surface area contributed by atoms with Gasteiger partial charge in [-0.05, 0) is 26.8 Å². The van der Waals surface area contributed by atoms with Crippen LogP contribution in [0.2, 0.25) is 0 Å². The van der Waals surface area contributed by atoms with Crippen LogP contribution >= 0.6 is 0 Å². The average Bonchev–Trinajstić information content (AvgIpc) is 2.78. The summed E-state index contributed by atoms with van der Waals surface area (Å²) in [6.45, 7) is 5.60. The van der Waals surface area contributed by atoms with E-state index in [-0.39, 0.29) is 11.9 Å². The summed E-state index contributed by atoms with van der Waals surface area (Å²) in [5.41, 5.74) is 2.95. The number of rotatable bonds is 4. The summed E-state index contributed by atoms with van der Waals surface area (Å²) < 4.78 is 5.12. The van der Waals surface area contributed by atoms with Crippen LogP contribution in [0.3, 0.4) is 0 Å². The lowest BCUT2D eigenvalue weighted by atomic mass is 10.1. The van der Waals surface area contributed by atoms with Crippen molar-refractivity contribution in [1.29, 1.82) is 0 Å². The van der Waals surface area contributed by atoms with Crippen LogP contribution < -0.4 is 10.6 Å². The molecule has 1 amide bonds. The number of amides is 1. The lowest BCUT2D eigenvalue weighted by molar-refractivity contribution is 0.0940. The third-order valence-corrected chi connectivity index (χ3v) is 3.20. The van der Waals surface area contributed by atoms with Crippen LogP contribution in [0.5, 0.6) is 0 Å². The molecule has 0 aromatic carbocycles. The number of aromatic nitrogens is 2. The number of hydrogen-bond donors (Lipinski definition) is 2. The van der Waals surface area contributed by atoms with Gasteiger partial charge >= 0.3 is 0 Å². The molecule has 0 aliphatic carbocycles. The Hall–Kier alpha value is -2.37. The van der Waals surface area contributed by atoms with Crippen LogP contribution in [-0.2, 0) is 0 Å². The lowest BCUT2D eigenvalue weighted by Gasteiger charge is -2.15. The van der Waals surface area contributed by atoms with E-state index in [9.17, 15) is 4.79 Å². The van der Waals surface area contributed by atoms with E-state index in [0.717, 1.165) is 22.7 Å². The van der Waals surface area contributed by atoms with Gasteiger partial charge in [0.15, 0.2) is 0 Å². The smallest absolute Gasteiger partial charge is 0.255 e. The van der Waals surface area contributed by atoms with Gasteiger partial charge in [0.2, 0.25) is 0 Å². The molecule has 0 fully saturated rings. The predicted octanol–water partition coefficient (Wildman–Crippen LogP) is 2.22. The van der Waals surface area contributed by atoms with Gasteiger partial charge in [-0.15, -0.1) is 0 Å². The van der Waals surface area contributed by atoms with Crippen molar-refractivity contribution in [2.45, 2.75) is 26.8 Å². The predicted molar refractivity (Wildman–Crippen MR) is 75.6 cm³/mol. The van der Waals surface area contributed by atoms with E-state index in [0.29, 0.717) is 5.56 Å². The maximum absolute atomic E-state index is 12.3. The Morgan fingerprint density at radius 1 is 1.40 bits per heavy atom. The van der Waals surface area contributed by atoms with Gasteiger partial charge in [-0.1, -0.05) is 5.16 Å². The zero-order valence-corrected chi connectivity index (χ0v) is 12.0. The van der Waals surface area contributed by atoms with Crippen LogP contribution in [0.1, 0.15) is 40.3 Å². The van der Waals surface area contributed by atoms with Crippen molar-refractivity contribution in [3.63, 3.8) is 0 Å². The molecule has 6 nitrogen and oxygen atoms in total. The third-order valence-electron chi connectivity index (χ3n) is 3.20. The number of nitrogens with one attached hydrogen (secondary N) is 2. The van der Waals surface area contributed by atoms with Crippen molar-refractivity contribution in [1.82, 2.24) is 15.5 Å². The van der Waals surface area contributed by atoms with Crippen molar-refractivity contribution >= 4 is 11.6 Å². The van der Waals surface area contributed by atoms with Crippen molar-refractivity contribution in [3.8, 4) is 0 Å².